The first-order valence-corrected chi connectivity index (χ1v) is 20.3. The highest BCUT2D eigenvalue weighted by atomic mass is 32.1. The molecule has 0 aliphatic carbocycles. The molecule has 3 heteroatoms. The van der Waals surface area contributed by atoms with Gasteiger partial charge in [0.2, 0.25) is 0 Å². The number of fused-ring (bicyclic) bond motifs is 7. The number of rotatable bonds is 6. The van der Waals surface area contributed by atoms with E-state index in [0.717, 1.165) is 17.1 Å². The molecule has 0 fully saturated rings. The van der Waals surface area contributed by atoms with Crippen molar-refractivity contribution in [2.24, 2.45) is 0 Å². The number of para-hydroxylation sites is 1. The van der Waals surface area contributed by atoms with Gasteiger partial charge in [-0.2, -0.15) is 0 Å². The number of thiophene rings is 2. The topological polar surface area (TPSA) is 3.24 Å². The smallest absolute Gasteiger partial charge is 0.0540 e. The van der Waals surface area contributed by atoms with Crippen molar-refractivity contribution < 1.29 is 0 Å². The van der Waals surface area contributed by atoms with Crippen LogP contribution >= 0.6 is 22.7 Å². The van der Waals surface area contributed by atoms with Crippen LogP contribution in [0.5, 0.6) is 0 Å². The summed E-state index contributed by atoms with van der Waals surface area (Å²) in [5.74, 6) is 0. The van der Waals surface area contributed by atoms with Gasteiger partial charge in [-0.3, -0.25) is 0 Å². The van der Waals surface area contributed by atoms with Crippen molar-refractivity contribution >= 4 is 90.9 Å². The van der Waals surface area contributed by atoms with Crippen molar-refractivity contribution in [3.8, 4) is 33.4 Å². The summed E-state index contributed by atoms with van der Waals surface area (Å²) < 4.78 is 5.28. The molecule has 11 aromatic rings. The van der Waals surface area contributed by atoms with Crippen molar-refractivity contribution in [1.29, 1.82) is 0 Å². The molecular formula is C52H33NS2. The average molecular weight is 736 g/mol. The third kappa shape index (κ3) is 5.51. The lowest BCUT2D eigenvalue weighted by Crippen LogP contribution is -2.11. The van der Waals surface area contributed by atoms with E-state index in [1.54, 1.807) is 0 Å². The lowest BCUT2D eigenvalue weighted by molar-refractivity contribution is 1.28. The molecule has 55 heavy (non-hydrogen) atoms. The Kier molecular flexibility index (Phi) is 7.61. The van der Waals surface area contributed by atoms with Crippen LogP contribution in [-0.2, 0) is 0 Å². The highest BCUT2D eigenvalue weighted by molar-refractivity contribution is 7.26. The summed E-state index contributed by atoms with van der Waals surface area (Å²) in [4.78, 5) is 2.45. The lowest BCUT2D eigenvalue weighted by atomic mass is 9.95. The predicted molar refractivity (Wildman–Crippen MR) is 241 cm³/mol. The van der Waals surface area contributed by atoms with Crippen molar-refractivity contribution in [2.75, 3.05) is 4.90 Å². The van der Waals surface area contributed by atoms with E-state index in [2.05, 4.69) is 205 Å². The van der Waals surface area contributed by atoms with Crippen LogP contribution in [0.3, 0.4) is 0 Å². The normalized spacial score (nSPS) is 11.6. The number of hydrogen-bond acceptors (Lipinski definition) is 3. The molecule has 0 aliphatic heterocycles. The fraction of sp³-hybridized carbons (Fsp3) is 0. The van der Waals surface area contributed by atoms with Crippen molar-refractivity contribution in [2.45, 2.75) is 0 Å². The van der Waals surface area contributed by atoms with E-state index in [0.29, 0.717) is 0 Å². The van der Waals surface area contributed by atoms with Crippen LogP contribution in [0.15, 0.2) is 200 Å². The maximum atomic E-state index is 2.45. The molecule has 0 saturated heterocycles. The molecule has 2 heterocycles. The Bertz CT molecular complexity index is 3080. The number of hydrogen-bond donors (Lipinski definition) is 0. The van der Waals surface area contributed by atoms with Crippen molar-refractivity contribution in [1.82, 2.24) is 0 Å². The Labute approximate surface area is 327 Å². The first-order valence-electron chi connectivity index (χ1n) is 18.7. The fourth-order valence-electron chi connectivity index (χ4n) is 8.24. The first-order chi connectivity index (χ1) is 27.2. The van der Waals surface area contributed by atoms with E-state index < -0.39 is 0 Å². The summed E-state index contributed by atoms with van der Waals surface area (Å²) in [6.07, 6.45) is 0. The van der Waals surface area contributed by atoms with Crippen LogP contribution in [0.2, 0.25) is 0 Å². The van der Waals surface area contributed by atoms with E-state index in [-0.39, 0.29) is 0 Å². The molecule has 258 valence electrons. The summed E-state index contributed by atoms with van der Waals surface area (Å²) in [7, 11) is 0. The van der Waals surface area contributed by atoms with Gasteiger partial charge < -0.3 is 4.90 Å². The monoisotopic (exact) mass is 735 g/mol. The first kappa shape index (κ1) is 32.0. The molecule has 0 aliphatic rings. The van der Waals surface area contributed by atoms with Crippen molar-refractivity contribution in [3.05, 3.63) is 200 Å². The van der Waals surface area contributed by atoms with Crippen LogP contribution < -0.4 is 4.90 Å². The van der Waals surface area contributed by atoms with Gasteiger partial charge in [-0.1, -0.05) is 133 Å². The summed E-state index contributed by atoms with van der Waals surface area (Å²) in [5, 5.41) is 7.73. The minimum absolute atomic E-state index is 1.11. The van der Waals surface area contributed by atoms with Gasteiger partial charge in [-0.25, -0.2) is 0 Å². The minimum atomic E-state index is 1.11. The van der Waals surface area contributed by atoms with E-state index in [9.17, 15) is 0 Å². The third-order valence-corrected chi connectivity index (χ3v) is 13.2. The Balaban J connectivity index is 1.10. The minimum Gasteiger partial charge on any atom is -0.310 e. The van der Waals surface area contributed by atoms with Gasteiger partial charge in [0.15, 0.2) is 0 Å². The second-order valence-corrected chi connectivity index (χ2v) is 16.3. The molecule has 0 unspecified atom stereocenters. The Morgan fingerprint density at radius 3 is 1.38 bits per heavy atom. The fourth-order valence-corrected chi connectivity index (χ4v) is 10.4. The second kappa shape index (κ2) is 13.1. The van der Waals surface area contributed by atoms with Crippen LogP contribution in [0.25, 0.3) is 84.5 Å². The molecule has 0 N–H and O–H groups in total. The molecule has 11 rings (SSSR count). The van der Waals surface area contributed by atoms with E-state index in [4.69, 9.17) is 0 Å². The van der Waals surface area contributed by atoms with Crippen LogP contribution in [-0.4, -0.2) is 0 Å². The molecule has 9 aromatic carbocycles. The number of nitrogens with zero attached hydrogens (tertiary/aromatic N) is 1. The molecule has 1 nitrogen and oxygen atoms in total. The standard InChI is InChI=1S/C52H33NS2/c1-2-18-41-34(12-1)13-11-22-42(41)43-19-3-6-23-48(43)53(39-16-9-14-35(30-39)37-26-28-51-46(32-37)44-20-4-7-24-49(44)54-51)40-17-10-15-36(31-40)38-27-29-52-47(33-38)45-21-5-8-25-50(45)55-52/h1-33H. The van der Waals surface area contributed by atoms with Crippen LogP contribution in [0.4, 0.5) is 17.1 Å². The van der Waals surface area contributed by atoms with E-state index in [1.807, 2.05) is 22.7 Å². The Hall–Kier alpha value is -6.52. The van der Waals surface area contributed by atoms with E-state index >= 15 is 0 Å². The largest absolute Gasteiger partial charge is 0.310 e. The van der Waals surface area contributed by atoms with Gasteiger partial charge >= 0.3 is 0 Å². The molecule has 0 atom stereocenters. The van der Waals surface area contributed by atoms with Crippen LogP contribution in [0, 0.1) is 0 Å². The third-order valence-electron chi connectivity index (χ3n) is 10.9. The van der Waals surface area contributed by atoms with Gasteiger partial charge in [-0.15, -0.1) is 22.7 Å². The Morgan fingerprint density at radius 1 is 0.291 bits per heavy atom. The summed E-state index contributed by atoms with van der Waals surface area (Å²) in [5.41, 5.74) is 10.6. The molecule has 2 aromatic heterocycles. The molecular weight excluding hydrogens is 703 g/mol. The molecule has 0 saturated carbocycles. The zero-order valence-corrected chi connectivity index (χ0v) is 31.4. The SMILES string of the molecule is c1cc(-c2ccc3sc4ccccc4c3c2)cc(N(c2cccc(-c3ccc4sc5ccccc5c4c3)c2)c2ccccc2-c2cccc3ccccc23)c1. The maximum Gasteiger partial charge on any atom is 0.0540 e. The maximum absolute atomic E-state index is 2.45. The highest BCUT2D eigenvalue weighted by Gasteiger charge is 2.20. The Morgan fingerprint density at radius 2 is 0.745 bits per heavy atom. The summed E-state index contributed by atoms with van der Waals surface area (Å²) in [6, 6.07) is 73.6. The van der Waals surface area contributed by atoms with Gasteiger partial charge in [0.05, 0.1) is 5.69 Å². The molecule has 0 amide bonds. The van der Waals surface area contributed by atoms with Crippen molar-refractivity contribution in [3.63, 3.8) is 0 Å². The second-order valence-electron chi connectivity index (χ2n) is 14.1. The van der Waals surface area contributed by atoms with Gasteiger partial charge in [0, 0.05) is 57.3 Å². The summed E-state index contributed by atoms with van der Waals surface area (Å²) in [6.45, 7) is 0. The molecule has 0 spiro atoms. The van der Waals surface area contributed by atoms with Gasteiger partial charge in [0.1, 0.15) is 0 Å². The summed E-state index contributed by atoms with van der Waals surface area (Å²) >= 11 is 3.72. The zero-order valence-electron chi connectivity index (χ0n) is 29.8. The zero-order chi connectivity index (χ0) is 36.3. The molecule has 0 radical (unpaired) electrons. The van der Waals surface area contributed by atoms with Gasteiger partial charge in [-0.05, 0) is 105 Å². The van der Waals surface area contributed by atoms with E-state index in [1.165, 1.54) is 84.5 Å². The number of anilines is 3. The van der Waals surface area contributed by atoms with Crippen LogP contribution in [0.1, 0.15) is 0 Å². The predicted octanol–water partition coefficient (Wildman–Crippen LogP) is 16.0. The quantitative estimate of drug-likeness (QED) is 0.164. The average Bonchev–Trinajstić information content (AvgIpc) is 3.82. The number of benzene rings is 9. The van der Waals surface area contributed by atoms with Gasteiger partial charge in [0.25, 0.3) is 0 Å². The lowest BCUT2D eigenvalue weighted by Gasteiger charge is -2.29. The molecule has 0 bridgehead atoms. The highest BCUT2D eigenvalue weighted by Crippen LogP contribution is 2.45.